The molecular weight excluding hydrogens is 190 g/mol. The van der Waals surface area contributed by atoms with Crippen LogP contribution in [0.3, 0.4) is 0 Å². The van der Waals surface area contributed by atoms with Crippen molar-refractivity contribution in [2.24, 2.45) is 0 Å². The van der Waals surface area contributed by atoms with E-state index in [1.165, 1.54) is 4.90 Å². The summed E-state index contributed by atoms with van der Waals surface area (Å²) in [5.74, 6) is 2.89. The molecule has 0 unspecified atom stereocenters. The van der Waals surface area contributed by atoms with Crippen molar-refractivity contribution in [1.82, 2.24) is 4.90 Å². The van der Waals surface area contributed by atoms with Crippen LogP contribution in [0.2, 0.25) is 0 Å². The van der Waals surface area contributed by atoms with Crippen LogP contribution in [0.25, 0.3) is 0 Å². The first-order valence-corrected chi connectivity index (χ1v) is 4.56. The first kappa shape index (κ1) is 11.1. The van der Waals surface area contributed by atoms with Gasteiger partial charge in [0, 0.05) is 7.05 Å². The molecule has 1 aromatic carbocycles. The highest BCUT2D eigenvalue weighted by molar-refractivity contribution is 5.70. The van der Waals surface area contributed by atoms with Crippen molar-refractivity contribution in [3.63, 3.8) is 0 Å². The lowest BCUT2D eigenvalue weighted by atomic mass is 10.2. The maximum absolute atomic E-state index is 11.4. The molecule has 15 heavy (non-hydrogen) atoms. The second-order valence-electron chi connectivity index (χ2n) is 3.24. The molecule has 0 aromatic heterocycles. The van der Waals surface area contributed by atoms with Crippen LogP contribution in [0.15, 0.2) is 24.3 Å². The van der Waals surface area contributed by atoms with Gasteiger partial charge in [0.05, 0.1) is 6.54 Å². The average Bonchev–Trinajstić information content (AvgIpc) is 2.22. The number of nitrogens with zero attached hydrogens (tertiary/aromatic N) is 1. The van der Waals surface area contributed by atoms with Gasteiger partial charge in [-0.15, -0.1) is 6.42 Å². The van der Waals surface area contributed by atoms with Gasteiger partial charge in [0.1, 0.15) is 5.75 Å². The van der Waals surface area contributed by atoms with Gasteiger partial charge >= 0.3 is 6.09 Å². The minimum absolute atomic E-state index is 0.241. The van der Waals surface area contributed by atoms with Crippen LogP contribution >= 0.6 is 0 Å². The molecule has 0 atom stereocenters. The number of hydrogen-bond donors (Lipinski definition) is 0. The molecule has 1 rings (SSSR count). The smallest absolute Gasteiger partial charge is 0.410 e. The zero-order valence-corrected chi connectivity index (χ0v) is 8.86. The molecule has 3 heteroatoms. The monoisotopic (exact) mass is 203 g/mol. The Morgan fingerprint density at radius 3 is 2.60 bits per heavy atom. The second-order valence-corrected chi connectivity index (χ2v) is 3.24. The van der Waals surface area contributed by atoms with Crippen molar-refractivity contribution in [2.75, 3.05) is 13.6 Å². The van der Waals surface area contributed by atoms with Crippen molar-refractivity contribution in [2.45, 2.75) is 6.92 Å². The Hall–Kier alpha value is -1.95. The van der Waals surface area contributed by atoms with E-state index in [4.69, 9.17) is 11.2 Å². The standard InChI is InChI=1S/C12H13NO2/c1-4-9-13(3)12(14)15-11-7-5-10(2)6-8-11/h1,5-8H,9H2,2-3H3. The van der Waals surface area contributed by atoms with E-state index in [2.05, 4.69) is 5.92 Å². The molecule has 0 saturated heterocycles. The van der Waals surface area contributed by atoms with Crippen LogP contribution < -0.4 is 4.74 Å². The predicted octanol–water partition coefficient (Wildman–Crippen LogP) is 2.06. The summed E-state index contributed by atoms with van der Waals surface area (Å²) in [5.41, 5.74) is 1.12. The molecule has 78 valence electrons. The molecule has 3 nitrogen and oxygen atoms in total. The molecule has 0 saturated carbocycles. The zero-order chi connectivity index (χ0) is 11.3. The molecule has 0 bridgehead atoms. The number of carbonyl (C=O) groups is 1. The van der Waals surface area contributed by atoms with Crippen molar-refractivity contribution in [3.8, 4) is 18.1 Å². The van der Waals surface area contributed by atoms with Gasteiger partial charge in [-0.05, 0) is 19.1 Å². The van der Waals surface area contributed by atoms with Gasteiger partial charge in [-0.1, -0.05) is 23.6 Å². The van der Waals surface area contributed by atoms with Gasteiger partial charge in [0.2, 0.25) is 0 Å². The normalized spacial score (nSPS) is 9.13. The van der Waals surface area contributed by atoms with E-state index in [9.17, 15) is 4.79 Å². The van der Waals surface area contributed by atoms with Crippen LogP contribution in [0.1, 0.15) is 5.56 Å². The number of benzene rings is 1. The van der Waals surface area contributed by atoms with Gasteiger partial charge < -0.3 is 4.74 Å². The number of hydrogen-bond acceptors (Lipinski definition) is 2. The summed E-state index contributed by atoms with van der Waals surface area (Å²) in [5, 5.41) is 0. The number of carbonyl (C=O) groups excluding carboxylic acids is 1. The Kier molecular flexibility index (Phi) is 3.75. The molecule has 0 spiro atoms. The Morgan fingerprint density at radius 2 is 2.07 bits per heavy atom. The Morgan fingerprint density at radius 1 is 1.47 bits per heavy atom. The van der Waals surface area contributed by atoms with E-state index >= 15 is 0 Å². The number of ether oxygens (including phenoxy) is 1. The number of rotatable bonds is 2. The third-order valence-electron chi connectivity index (χ3n) is 1.87. The Labute approximate surface area is 89.7 Å². The second kappa shape index (κ2) is 5.06. The fourth-order valence-corrected chi connectivity index (χ4v) is 0.987. The van der Waals surface area contributed by atoms with E-state index < -0.39 is 6.09 Å². The SMILES string of the molecule is C#CCN(C)C(=O)Oc1ccc(C)cc1. The zero-order valence-electron chi connectivity index (χ0n) is 8.86. The lowest BCUT2D eigenvalue weighted by molar-refractivity contribution is 0.168. The fourth-order valence-electron chi connectivity index (χ4n) is 0.987. The molecule has 0 aliphatic heterocycles. The van der Waals surface area contributed by atoms with Crippen molar-refractivity contribution in [1.29, 1.82) is 0 Å². The van der Waals surface area contributed by atoms with Crippen LogP contribution in [0, 0.1) is 19.3 Å². The minimum atomic E-state index is -0.447. The third-order valence-corrected chi connectivity index (χ3v) is 1.87. The number of terminal acetylenes is 1. The summed E-state index contributed by atoms with van der Waals surface area (Å²) in [4.78, 5) is 12.7. The van der Waals surface area contributed by atoms with Crippen LogP contribution in [0.5, 0.6) is 5.75 Å². The van der Waals surface area contributed by atoms with Crippen LogP contribution in [-0.4, -0.2) is 24.6 Å². The molecule has 0 radical (unpaired) electrons. The maximum atomic E-state index is 11.4. The molecule has 1 amide bonds. The highest BCUT2D eigenvalue weighted by atomic mass is 16.6. The summed E-state index contributed by atoms with van der Waals surface area (Å²) >= 11 is 0. The molecule has 0 aliphatic carbocycles. The molecule has 1 aromatic rings. The molecule has 0 N–H and O–H groups in total. The topological polar surface area (TPSA) is 29.5 Å². The van der Waals surface area contributed by atoms with Gasteiger partial charge in [-0.2, -0.15) is 0 Å². The predicted molar refractivity (Wildman–Crippen MR) is 58.7 cm³/mol. The van der Waals surface area contributed by atoms with E-state index in [1.807, 2.05) is 19.1 Å². The Balaban J connectivity index is 2.59. The van der Waals surface area contributed by atoms with E-state index in [1.54, 1.807) is 19.2 Å². The van der Waals surface area contributed by atoms with E-state index in [0.717, 1.165) is 5.56 Å². The molecule has 0 fully saturated rings. The van der Waals surface area contributed by atoms with Gasteiger partial charge in [0.15, 0.2) is 0 Å². The van der Waals surface area contributed by atoms with Crippen LogP contribution in [-0.2, 0) is 0 Å². The van der Waals surface area contributed by atoms with Crippen molar-refractivity contribution in [3.05, 3.63) is 29.8 Å². The van der Waals surface area contributed by atoms with Crippen LogP contribution in [0.4, 0.5) is 4.79 Å². The lowest BCUT2D eigenvalue weighted by Gasteiger charge is -2.13. The van der Waals surface area contributed by atoms with Crippen molar-refractivity contribution < 1.29 is 9.53 Å². The van der Waals surface area contributed by atoms with Gasteiger partial charge in [-0.25, -0.2) is 4.79 Å². The molecular formula is C12H13NO2. The maximum Gasteiger partial charge on any atom is 0.415 e. The summed E-state index contributed by atoms with van der Waals surface area (Å²) in [7, 11) is 1.59. The third kappa shape index (κ3) is 3.35. The first-order valence-electron chi connectivity index (χ1n) is 4.56. The lowest BCUT2D eigenvalue weighted by Crippen LogP contribution is -2.29. The fraction of sp³-hybridized carbons (Fsp3) is 0.250. The van der Waals surface area contributed by atoms with Gasteiger partial charge in [0.25, 0.3) is 0 Å². The highest BCUT2D eigenvalue weighted by Crippen LogP contribution is 2.12. The minimum Gasteiger partial charge on any atom is -0.410 e. The molecule has 0 aliphatic rings. The quantitative estimate of drug-likeness (QED) is 0.688. The number of aryl methyl sites for hydroxylation is 1. The van der Waals surface area contributed by atoms with E-state index in [-0.39, 0.29) is 6.54 Å². The first-order chi connectivity index (χ1) is 7.13. The highest BCUT2D eigenvalue weighted by Gasteiger charge is 2.09. The average molecular weight is 203 g/mol. The largest absolute Gasteiger partial charge is 0.415 e. The summed E-state index contributed by atoms with van der Waals surface area (Å²) in [6.45, 7) is 2.21. The van der Waals surface area contributed by atoms with Gasteiger partial charge in [-0.3, -0.25) is 4.90 Å². The Bertz CT molecular complexity index is 376. The molecule has 0 heterocycles. The van der Waals surface area contributed by atoms with Crippen molar-refractivity contribution >= 4 is 6.09 Å². The van der Waals surface area contributed by atoms with E-state index in [0.29, 0.717) is 5.75 Å². The number of amides is 1. The summed E-state index contributed by atoms with van der Waals surface area (Å²) in [6.07, 6.45) is 4.63. The summed E-state index contributed by atoms with van der Waals surface area (Å²) < 4.78 is 5.08. The summed E-state index contributed by atoms with van der Waals surface area (Å²) in [6, 6.07) is 7.25.